The molecule has 2 aliphatic rings. The lowest BCUT2D eigenvalue weighted by molar-refractivity contribution is 0.486. The lowest BCUT2D eigenvalue weighted by Crippen LogP contribution is -2.21. The van der Waals surface area contributed by atoms with Crippen LogP contribution in [-0.4, -0.2) is 12.0 Å². The second kappa shape index (κ2) is 5.54. The fourth-order valence-corrected chi connectivity index (χ4v) is 5.10. The molecule has 21 heavy (non-hydrogen) atoms. The van der Waals surface area contributed by atoms with E-state index in [1.54, 1.807) is 5.56 Å². The fraction of sp³-hybridized carbons (Fsp3) is 0.500. The second-order valence-electron chi connectivity index (χ2n) is 6.30. The van der Waals surface area contributed by atoms with E-state index in [4.69, 9.17) is 4.98 Å². The van der Waals surface area contributed by atoms with E-state index in [-0.39, 0.29) is 0 Å². The highest BCUT2D eigenvalue weighted by Crippen LogP contribution is 2.39. The van der Waals surface area contributed by atoms with E-state index in [0.717, 1.165) is 0 Å². The number of rotatable bonds is 2. The van der Waals surface area contributed by atoms with E-state index in [1.165, 1.54) is 59.7 Å². The molecule has 0 amide bonds. The number of hydrogen-bond acceptors (Lipinski definition) is 3. The lowest BCUT2D eigenvalue weighted by atomic mass is 9.84. The number of nitrogens with zero attached hydrogens (tertiary/aromatic N) is 1. The molecule has 0 radical (unpaired) electrons. The minimum absolute atomic E-state index is 0.481. The van der Waals surface area contributed by atoms with E-state index in [9.17, 15) is 0 Å². The average Bonchev–Trinajstić information content (AvgIpc) is 2.98. The van der Waals surface area contributed by atoms with Crippen LogP contribution in [0, 0.1) is 0 Å². The first-order valence-electron chi connectivity index (χ1n) is 8.08. The lowest BCUT2D eigenvalue weighted by Gasteiger charge is -2.23. The number of nitrogens with one attached hydrogen (secondary N) is 1. The molecule has 0 bridgehead atoms. The topological polar surface area (TPSA) is 24.9 Å². The van der Waals surface area contributed by atoms with E-state index < -0.39 is 0 Å². The monoisotopic (exact) mass is 298 g/mol. The van der Waals surface area contributed by atoms with Crippen molar-refractivity contribution in [3.05, 3.63) is 51.0 Å². The third kappa shape index (κ3) is 2.43. The largest absolute Gasteiger partial charge is 0.312 e. The van der Waals surface area contributed by atoms with Crippen LogP contribution in [0.5, 0.6) is 0 Å². The summed E-state index contributed by atoms with van der Waals surface area (Å²) in [6.45, 7) is 0. The van der Waals surface area contributed by atoms with Gasteiger partial charge in [0.15, 0.2) is 0 Å². The van der Waals surface area contributed by atoms with Gasteiger partial charge < -0.3 is 5.32 Å². The van der Waals surface area contributed by atoms with Gasteiger partial charge in [-0.05, 0) is 56.7 Å². The Bertz CT molecular complexity index is 646. The molecule has 110 valence electrons. The van der Waals surface area contributed by atoms with Gasteiger partial charge in [-0.2, -0.15) is 0 Å². The van der Waals surface area contributed by atoms with Crippen molar-refractivity contribution in [3.8, 4) is 0 Å². The third-order valence-electron chi connectivity index (χ3n) is 5.02. The zero-order valence-electron chi connectivity index (χ0n) is 12.6. The molecule has 3 heteroatoms. The van der Waals surface area contributed by atoms with Crippen molar-refractivity contribution in [2.24, 2.45) is 0 Å². The van der Waals surface area contributed by atoms with E-state index in [0.29, 0.717) is 12.0 Å². The molecule has 2 aliphatic carbocycles. The fourth-order valence-electron chi connectivity index (χ4n) is 3.80. The number of benzene rings is 1. The van der Waals surface area contributed by atoms with Gasteiger partial charge in [-0.15, -0.1) is 11.3 Å². The van der Waals surface area contributed by atoms with Gasteiger partial charge in [0.25, 0.3) is 0 Å². The Balaban J connectivity index is 1.62. The van der Waals surface area contributed by atoms with Gasteiger partial charge in [-0.25, -0.2) is 4.98 Å². The summed E-state index contributed by atoms with van der Waals surface area (Å²) in [4.78, 5) is 6.59. The molecule has 0 fully saturated rings. The molecule has 4 rings (SSSR count). The van der Waals surface area contributed by atoms with Gasteiger partial charge in [0.05, 0.1) is 16.7 Å². The standard InChI is InChI=1S/C18H22N2S/c1-19-15-7-4-8-16-17(15)20-18(21-16)14-10-9-12-5-2-3-6-13(12)11-14/h2-3,5-6,14-15,19H,4,7-11H2,1H3. The van der Waals surface area contributed by atoms with Gasteiger partial charge in [0.2, 0.25) is 0 Å². The minimum Gasteiger partial charge on any atom is -0.312 e. The van der Waals surface area contributed by atoms with Crippen LogP contribution >= 0.6 is 11.3 Å². The molecule has 1 aromatic carbocycles. The Morgan fingerprint density at radius 2 is 2.00 bits per heavy atom. The van der Waals surface area contributed by atoms with E-state index in [2.05, 4.69) is 36.6 Å². The zero-order valence-corrected chi connectivity index (χ0v) is 13.4. The average molecular weight is 298 g/mol. The van der Waals surface area contributed by atoms with Gasteiger partial charge >= 0.3 is 0 Å². The van der Waals surface area contributed by atoms with Crippen molar-refractivity contribution in [2.45, 2.75) is 50.5 Å². The summed E-state index contributed by atoms with van der Waals surface area (Å²) < 4.78 is 0. The van der Waals surface area contributed by atoms with Crippen molar-refractivity contribution >= 4 is 11.3 Å². The molecule has 2 aromatic rings. The quantitative estimate of drug-likeness (QED) is 0.906. The Kier molecular flexibility index (Phi) is 3.56. The highest BCUT2D eigenvalue weighted by molar-refractivity contribution is 7.11. The number of aromatic nitrogens is 1. The molecule has 0 aliphatic heterocycles. The highest BCUT2D eigenvalue weighted by Gasteiger charge is 2.28. The first-order chi connectivity index (χ1) is 10.3. The van der Waals surface area contributed by atoms with Crippen LogP contribution in [0.1, 0.15) is 57.9 Å². The van der Waals surface area contributed by atoms with Crippen LogP contribution in [0.3, 0.4) is 0 Å². The van der Waals surface area contributed by atoms with Gasteiger partial charge in [0.1, 0.15) is 0 Å². The van der Waals surface area contributed by atoms with Crippen molar-refractivity contribution in [1.82, 2.24) is 10.3 Å². The predicted octanol–water partition coefficient (Wildman–Crippen LogP) is 4.01. The summed E-state index contributed by atoms with van der Waals surface area (Å²) in [6, 6.07) is 9.40. The number of aryl methyl sites for hydroxylation is 2. The summed E-state index contributed by atoms with van der Waals surface area (Å²) in [7, 11) is 2.07. The number of hydrogen-bond donors (Lipinski definition) is 1. The molecule has 1 aromatic heterocycles. The van der Waals surface area contributed by atoms with E-state index >= 15 is 0 Å². The third-order valence-corrected chi connectivity index (χ3v) is 6.31. The zero-order chi connectivity index (χ0) is 14.2. The maximum atomic E-state index is 5.06. The Hall–Kier alpha value is -1.19. The van der Waals surface area contributed by atoms with Crippen LogP contribution < -0.4 is 5.32 Å². The molecule has 0 spiro atoms. The molecule has 1 N–H and O–H groups in total. The summed E-state index contributed by atoms with van der Waals surface area (Å²) >= 11 is 1.98. The van der Waals surface area contributed by atoms with Gasteiger partial charge in [-0.3, -0.25) is 0 Å². The van der Waals surface area contributed by atoms with Crippen LogP contribution in [-0.2, 0) is 19.3 Å². The first-order valence-corrected chi connectivity index (χ1v) is 8.90. The summed E-state index contributed by atoms with van der Waals surface area (Å²) in [5.41, 5.74) is 4.43. The molecule has 0 saturated carbocycles. The van der Waals surface area contributed by atoms with Crippen molar-refractivity contribution in [1.29, 1.82) is 0 Å². The van der Waals surface area contributed by atoms with Crippen LogP contribution in [0.25, 0.3) is 0 Å². The minimum atomic E-state index is 0.481. The first kappa shape index (κ1) is 13.5. The van der Waals surface area contributed by atoms with Crippen molar-refractivity contribution < 1.29 is 0 Å². The van der Waals surface area contributed by atoms with Crippen LogP contribution in [0.2, 0.25) is 0 Å². The smallest absolute Gasteiger partial charge is 0.0966 e. The molecule has 0 saturated heterocycles. The number of thiazole rings is 1. The summed E-state index contributed by atoms with van der Waals surface area (Å²) in [5.74, 6) is 0.632. The SMILES string of the molecule is CNC1CCCc2sc(C3CCc4ccccc4C3)nc21. The Morgan fingerprint density at radius 1 is 1.14 bits per heavy atom. The summed E-state index contributed by atoms with van der Waals surface area (Å²) in [6.07, 6.45) is 7.41. The van der Waals surface area contributed by atoms with Crippen LogP contribution in [0.4, 0.5) is 0 Å². The Labute approximate surface area is 130 Å². The number of fused-ring (bicyclic) bond motifs is 2. The van der Waals surface area contributed by atoms with Crippen molar-refractivity contribution in [2.75, 3.05) is 7.05 Å². The molecule has 2 atom stereocenters. The molecular formula is C18H22N2S. The maximum Gasteiger partial charge on any atom is 0.0966 e. The van der Waals surface area contributed by atoms with Gasteiger partial charge in [0, 0.05) is 10.8 Å². The predicted molar refractivity (Wildman–Crippen MR) is 88.1 cm³/mol. The second-order valence-corrected chi connectivity index (χ2v) is 7.42. The highest BCUT2D eigenvalue weighted by atomic mass is 32.1. The summed E-state index contributed by atoms with van der Waals surface area (Å²) in [5, 5.41) is 4.82. The Morgan fingerprint density at radius 3 is 2.86 bits per heavy atom. The maximum absolute atomic E-state index is 5.06. The molecule has 1 heterocycles. The molecule has 2 unspecified atom stereocenters. The van der Waals surface area contributed by atoms with Gasteiger partial charge in [-0.1, -0.05) is 24.3 Å². The normalized spacial score (nSPS) is 24.4. The molecule has 2 nitrogen and oxygen atoms in total. The van der Waals surface area contributed by atoms with E-state index in [1.807, 2.05) is 11.3 Å². The van der Waals surface area contributed by atoms with Crippen LogP contribution in [0.15, 0.2) is 24.3 Å². The molecular weight excluding hydrogens is 276 g/mol. The van der Waals surface area contributed by atoms with Crippen molar-refractivity contribution in [3.63, 3.8) is 0 Å².